The molecule has 0 spiro atoms. The van der Waals surface area contributed by atoms with Gasteiger partial charge >= 0.3 is 5.97 Å². The van der Waals surface area contributed by atoms with Crippen molar-refractivity contribution in [1.29, 1.82) is 0 Å². The van der Waals surface area contributed by atoms with E-state index in [9.17, 15) is 4.79 Å². The molecule has 1 aromatic carbocycles. The average Bonchev–Trinajstić information content (AvgIpc) is 2.29. The molecular formula is C13H16O3S. The van der Waals surface area contributed by atoms with E-state index in [2.05, 4.69) is 0 Å². The second-order valence-electron chi connectivity index (χ2n) is 3.84. The number of carbonyl (C=O) groups excluding carboxylic acids is 1. The van der Waals surface area contributed by atoms with Crippen LogP contribution in [0.15, 0.2) is 30.3 Å². The molecule has 1 heterocycles. The zero-order valence-corrected chi connectivity index (χ0v) is 10.6. The van der Waals surface area contributed by atoms with Crippen LogP contribution in [-0.2, 0) is 14.3 Å². The number of ether oxygens (including phenoxy) is 2. The molecule has 0 saturated carbocycles. The lowest BCUT2D eigenvalue weighted by Crippen LogP contribution is -2.32. The zero-order valence-electron chi connectivity index (χ0n) is 9.80. The van der Waals surface area contributed by atoms with Crippen LogP contribution < -0.4 is 0 Å². The van der Waals surface area contributed by atoms with E-state index in [4.69, 9.17) is 9.47 Å². The Kier molecular flexibility index (Phi) is 4.45. The van der Waals surface area contributed by atoms with Crippen LogP contribution in [-0.4, -0.2) is 31.0 Å². The lowest BCUT2D eigenvalue weighted by atomic mass is 10.1. The van der Waals surface area contributed by atoms with E-state index in [1.807, 2.05) is 37.3 Å². The maximum atomic E-state index is 11.9. The van der Waals surface area contributed by atoms with Gasteiger partial charge in [-0.3, -0.25) is 4.79 Å². The molecule has 0 radical (unpaired) electrons. The van der Waals surface area contributed by atoms with Gasteiger partial charge in [-0.2, -0.15) is 0 Å². The summed E-state index contributed by atoms with van der Waals surface area (Å²) in [4.78, 5) is 11.9. The van der Waals surface area contributed by atoms with E-state index in [0.717, 1.165) is 18.8 Å². The Morgan fingerprint density at radius 2 is 2.18 bits per heavy atom. The molecule has 1 atom stereocenters. The SMILES string of the molecule is CCOC(=O)C(SC1COC1)c1ccccc1. The van der Waals surface area contributed by atoms with E-state index in [1.54, 1.807) is 11.8 Å². The second-order valence-corrected chi connectivity index (χ2v) is 5.25. The molecule has 0 amide bonds. The van der Waals surface area contributed by atoms with Crippen LogP contribution in [0.1, 0.15) is 17.7 Å². The third-order valence-electron chi connectivity index (χ3n) is 2.54. The van der Waals surface area contributed by atoms with Crippen LogP contribution >= 0.6 is 11.8 Å². The van der Waals surface area contributed by atoms with Crippen molar-refractivity contribution >= 4 is 17.7 Å². The summed E-state index contributed by atoms with van der Waals surface area (Å²) < 4.78 is 10.3. The van der Waals surface area contributed by atoms with Gasteiger partial charge in [0.1, 0.15) is 5.25 Å². The van der Waals surface area contributed by atoms with Gasteiger partial charge in [-0.1, -0.05) is 30.3 Å². The maximum absolute atomic E-state index is 11.9. The van der Waals surface area contributed by atoms with Gasteiger partial charge in [0.05, 0.1) is 25.1 Å². The Balaban J connectivity index is 2.08. The fraction of sp³-hybridized carbons (Fsp3) is 0.462. The maximum Gasteiger partial charge on any atom is 0.323 e. The van der Waals surface area contributed by atoms with Crippen LogP contribution in [0.25, 0.3) is 0 Å². The molecule has 0 N–H and O–H groups in total. The van der Waals surface area contributed by atoms with Gasteiger partial charge < -0.3 is 9.47 Å². The minimum atomic E-state index is -0.231. The van der Waals surface area contributed by atoms with Crippen molar-refractivity contribution in [2.75, 3.05) is 19.8 Å². The predicted octanol–water partition coefficient (Wildman–Crippen LogP) is 2.42. The molecule has 1 aliphatic heterocycles. The zero-order chi connectivity index (χ0) is 12.1. The number of benzene rings is 1. The summed E-state index contributed by atoms with van der Waals surface area (Å²) in [6, 6.07) is 9.77. The van der Waals surface area contributed by atoms with Crippen LogP contribution in [0.2, 0.25) is 0 Å². The summed E-state index contributed by atoms with van der Waals surface area (Å²) in [5, 5.41) is 0.176. The number of hydrogen-bond donors (Lipinski definition) is 0. The van der Waals surface area contributed by atoms with Crippen molar-refractivity contribution < 1.29 is 14.3 Å². The van der Waals surface area contributed by atoms with Crippen molar-refractivity contribution in [2.24, 2.45) is 0 Å². The van der Waals surface area contributed by atoms with Gasteiger partial charge in [0.15, 0.2) is 0 Å². The van der Waals surface area contributed by atoms with Crippen LogP contribution in [0.3, 0.4) is 0 Å². The largest absolute Gasteiger partial charge is 0.465 e. The first kappa shape index (κ1) is 12.5. The van der Waals surface area contributed by atoms with E-state index in [1.165, 1.54) is 0 Å². The molecule has 1 aliphatic rings. The third kappa shape index (κ3) is 3.23. The van der Waals surface area contributed by atoms with Crippen molar-refractivity contribution in [3.8, 4) is 0 Å². The summed E-state index contributed by atoms with van der Waals surface area (Å²) in [5.41, 5.74) is 1.00. The topological polar surface area (TPSA) is 35.5 Å². The standard InChI is InChI=1S/C13H16O3S/c1-2-16-13(14)12(17-11-8-15-9-11)10-6-4-3-5-7-10/h3-7,11-12H,2,8-9H2,1H3. The lowest BCUT2D eigenvalue weighted by Gasteiger charge is -2.28. The highest BCUT2D eigenvalue weighted by Crippen LogP contribution is 2.36. The fourth-order valence-corrected chi connectivity index (χ4v) is 2.83. The first-order valence-electron chi connectivity index (χ1n) is 5.76. The molecule has 1 fully saturated rings. The predicted molar refractivity (Wildman–Crippen MR) is 68.0 cm³/mol. The van der Waals surface area contributed by atoms with E-state index in [-0.39, 0.29) is 11.2 Å². The molecule has 1 saturated heterocycles. The molecule has 1 aromatic rings. The van der Waals surface area contributed by atoms with Crippen LogP contribution in [0, 0.1) is 0 Å². The van der Waals surface area contributed by atoms with Gasteiger partial charge in [0, 0.05) is 0 Å². The van der Waals surface area contributed by atoms with Gasteiger partial charge in [0.25, 0.3) is 0 Å². The summed E-state index contributed by atoms with van der Waals surface area (Å²) in [6.45, 7) is 3.71. The van der Waals surface area contributed by atoms with Crippen molar-refractivity contribution in [3.05, 3.63) is 35.9 Å². The van der Waals surface area contributed by atoms with Crippen LogP contribution in [0.4, 0.5) is 0 Å². The van der Waals surface area contributed by atoms with Crippen molar-refractivity contribution in [2.45, 2.75) is 17.4 Å². The summed E-state index contributed by atoms with van der Waals surface area (Å²) in [7, 11) is 0. The fourth-order valence-electron chi connectivity index (χ4n) is 1.60. The van der Waals surface area contributed by atoms with Gasteiger partial charge in [-0.25, -0.2) is 0 Å². The normalized spacial score (nSPS) is 17.2. The minimum Gasteiger partial charge on any atom is -0.465 e. The number of esters is 1. The molecule has 1 unspecified atom stereocenters. The smallest absolute Gasteiger partial charge is 0.323 e. The Labute approximate surface area is 105 Å². The van der Waals surface area contributed by atoms with Crippen molar-refractivity contribution in [3.63, 3.8) is 0 Å². The van der Waals surface area contributed by atoms with E-state index < -0.39 is 0 Å². The quantitative estimate of drug-likeness (QED) is 0.754. The number of carbonyl (C=O) groups is 1. The Hall–Kier alpha value is -1.00. The first-order chi connectivity index (χ1) is 8.31. The molecule has 17 heavy (non-hydrogen) atoms. The Morgan fingerprint density at radius 1 is 1.47 bits per heavy atom. The number of rotatable bonds is 5. The molecule has 0 aromatic heterocycles. The minimum absolute atomic E-state index is 0.157. The molecule has 3 nitrogen and oxygen atoms in total. The molecule has 92 valence electrons. The monoisotopic (exact) mass is 252 g/mol. The Bertz CT molecular complexity index is 362. The molecule has 4 heteroatoms. The summed E-state index contributed by atoms with van der Waals surface area (Å²) in [6.07, 6.45) is 0. The molecule has 0 aliphatic carbocycles. The highest BCUT2D eigenvalue weighted by Gasteiger charge is 2.29. The second kappa shape index (κ2) is 6.07. The number of hydrogen-bond acceptors (Lipinski definition) is 4. The molecule has 0 bridgehead atoms. The first-order valence-corrected chi connectivity index (χ1v) is 6.70. The Morgan fingerprint density at radius 3 is 2.71 bits per heavy atom. The molecular weight excluding hydrogens is 236 g/mol. The van der Waals surface area contributed by atoms with Gasteiger partial charge in [0.2, 0.25) is 0 Å². The highest BCUT2D eigenvalue weighted by atomic mass is 32.2. The molecule has 2 rings (SSSR count). The van der Waals surface area contributed by atoms with E-state index in [0.29, 0.717) is 11.9 Å². The van der Waals surface area contributed by atoms with E-state index >= 15 is 0 Å². The van der Waals surface area contributed by atoms with Crippen LogP contribution in [0.5, 0.6) is 0 Å². The summed E-state index contributed by atoms with van der Waals surface area (Å²) >= 11 is 1.63. The third-order valence-corrected chi connectivity index (χ3v) is 3.93. The lowest BCUT2D eigenvalue weighted by molar-refractivity contribution is -0.142. The highest BCUT2D eigenvalue weighted by molar-refractivity contribution is 8.00. The van der Waals surface area contributed by atoms with Gasteiger partial charge in [-0.05, 0) is 12.5 Å². The van der Waals surface area contributed by atoms with Gasteiger partial charge in [-0.15, -0.1) is 11.8 Å². The average molecular weight is 252 g/mol. The summed E-state index contributed by atoms with van der Waals surface area (Å²) in [5.74, 6) is -0.157. The number of thioether (sulfide) groups is 1. The van der Waals surface area contributed by atoms with Crippen molar-refractivity contribution in [1.82, 2.24) is 0 Å².